The van der Waals surface area contributed by atoms with Gasteiger partial charge in [0.05, 0.1) is 18.1 Å². The molecule has 2 aromatic carbocycles. The number of aromatic nitrogens is 2. The van der Waals surface area contributed by atoms with Gasteiger partial charge >= 0.3 is 0 Å². The van der Waals surface area contributed by atoms with Gasteiger partial charge in [-0.2, -0.15) is 0 Å². The predicted molar refractivity (Wildman–Crippen MR) is 94.4 cm³/mol. The number of ketones is 1. The summed E-state index contributed by atoms with van der Waals surface area (Å²) < 4.78 is 1.33. The molecule has 0 aliphatic rings. The van der Waals surface area contributed by atoms with Crippen molar-refractivity contribution in [2.75, 3.05) is 0 Å². The topological polar surface area (TPSA) is 52.0 Å². The average Bonchev–Trinajstić information content (AvgIpc) is 2.61. The smallest absolute Gasteiger partial charge is 0.254 e. The molecular formula is C19H15ClN2O2. The Bertz CT molecular complexity index is 935. The van der Waals surface area contributed by atoms with E-state index in [9.17, 15) is 9.59 Å². The summed E-state index contributed by atoms with van der Waals surface area (Å²) in [7, 11) is 0. The zero-order valence-electron chi connectivity index (χ0n) is 13.0. The largest absolute Gasteiger partial charge is 0.292 e. The number of benzene rings is 2. The van der Waals surface area contributed by atoms with Crippen LogP contribution >= 0.6 is 11.6 Å². The van der Waals surface area contributed by atoms with Crippen molar-refractivity contribution in [3.05, 3.63) is 87.9 Å². The first-order valence-corrected chi connectivity index (χ1v) is 7.87. The molecule has 1 atom stereocenters. The maximum atomic E-state index is 12.6. The van der Waals surface area contributed by atoms with E-state index in [0.717, 1.165) is 5.56 Å². The molecule has 0 saturated carbocycles. The van der Waals surface area contributed by atoms with Crippen molar-refractivity contribution in [1.29, 1.82) is 0 Å². The van der Waals surface area contributed by atoms with Crippen molar-refractivity contribution in [1.82, 2.24) is 9.55 Å². The first-order chi connectivity index (χ1) is 11.6. The average molecular weight is 339 g/mol. The highest BCUT2D eigenvalue weighted by molar-refractivity contribution is 6.31. The number of hydrogen-bond donors (Lipinski definition) is 0. The van der Waals surface area contributed by atoms with Crippen LogP contribution in [0.3, 0.4) is 0 Å². The van der Waals surface area contributed by atoms with Crippen LogP contribution in [0.4, 0.5) is 0 Å². The van der Waals surface area contributed by atoms with Crippen LogP contribution in [0.15, 0.2) is 71.8 Å². The highest BCUT2D eigenvalue weighted by atomic mass is 35.5. The van der Waals surface area contributed by atoms with Gasteiger partial charge in [0.25, 0.3) is 5.56 Å². The van der Waals surface area contributed by atoms with Gasteiger partial charge in [-0.15, -0.1) is 0 Å². The third kappa shape index (κ3) is 3.29. The van der Waals surface area contributed by atoms with Crippen LogP contribution in [0.5, 0.6) is 0 Å². The molecule has 5 heteroatoms. The van der Waals surface area contributed by atoms with Gasteiger partial charge in [-0.1, -0.05) is 54.1 Å². The summed E-state index contributed by atoms with van der Waals surface area (Å²) in [4.78, 5) is 29.3. The third-order valence-corrected chi connectivity index (χ3v) is 4.05. The summed E-state index contributed by atoms with van der Waals surface area (Å²) in [5.74, 6) is -0.186. The van der Waals surface area contributed by atoms with E-state index in [1.165, 1.54) is 17.0 Å². The summed E-state index contributed by atoms with van der Waals surface area (Å²) >= 11 is 5.93. The van der Waals surface area contributed by atoms with Gasteiger partial charge in [-0.3, -0.25) is 14.2 Å². The standard InChI is InChI=1S/C19H15ClN2O2/c1-13(19(24)15-8-5-9-16(20)10-15)22-12-21-17(11-18(22)23)14-6-3-2-4-7-14/h2-13H,1H3/t13-/m1/s1. The van der Waals surface area contributed by atoms with Gasteiger partial charge in [0, 0.05) is 22.2 Å². The number of halogens is 1. The van der Waals surface area contributed by atoms with Crippen LogP contribution in [0.2, 0.25) is 5.02 Å². The molecule has 1 heterocycles. The third-order valence-electron chi connectivity index (χ3n) is 3.81. The summed E-state index contributed by atoms with van der Waals surface area (Å²) in [6.45, 7) is 1.68. The molecule has 0 bridgehead atoms. The highest BCUT2D eigenvalue weighted by Gasteiger charge is 2.18. The number of hydrogen-bond acceptors (Lipinski definition) is 3. The van der Waals surface area contributed by atoms with Crippen molar-refractivity contribution in [2.45, 2.75) is 13.0 Å². The Hall–Kier alpha value is -2.72. The van der Waals surface area contributed by atoms with Crippen molar-refractivity contribution in [2.24, 2.45) is 0 Å². The lowest BCUT2D eigenvalue weighted by atomic mass is 10.1. The molecule has 24 heavy (non-hydrogen) atoms. The molecule has 0 N–H and O–H groups in total. The fraction of sp³-hybridized carbons (Fsp3) is 0.105. The molecule has 0 fully saturated rings. The number of carbonyl (C=O) groups excluding carboxylic acids is 1. The van der Waals surface area contributed by atoms with Crippen LogP contribution in [-0.4, -0.2) is 15.3 Å². The lowest BCUT2D eigenvalue weighted by Crippen LogP contribution is -2.28. The van der Waals surface area contributed by atoms with E-state index in [1.807, 2.05) is 30.3 Å². The molecule has 0 aliphatic heterocycles. The Kier molecular flexibility index (Phi) is 4.58. The lowest BCUT2D eigenvalue weighted by Gasteiger charge is -2.14. The summed E-state index contributed by atoms with van der Waals surface area (Å²) in [5, 5.41) is 0.484. The Morgan fingerprint density at radius 3 is 2.50 bits per heavy atom. The summed E-state index contributed by atoms with van der Waals surface area (Å²) in [6, 6.07) is 16.9. The Balaban J connectivity index is 1.92. The molecular weight excluding hydrogens is 324 g/mol. The van der Waals surface area contributed by atoms with Crippen LogP contribution in [0.25, 0.3) is 11.3 Å². The van der Waals surface area contributed by atoms with E-state index in [-0.39, 0.29) is 11.3 Å². The number of carbonyl (C=O) groups is 1. The normalized spacial score (nSPS) is 11.9. The number of nitrogens with zero attached hydrogens (tertiary/aromatic N) is 2. The first-order valence-electron chi connectivity index (χ1n) is 7.49. The van der Waals surface area contributed by atoms with E-state index in [0.29, 0.717) is 16.3 Å². The Labute approximate surface area is 144 Å². The van der Waals surface area contributed by atoms with E-state index < -0.39 is 6.04 Å². The molecule has 0 aliphatic carbocycles. The maximum absolute atomic E-state index is 12.6. The molecule has 3 aromatic rings. The molecule has 4 nitrogen and oxygen atoms in total. The van der Waals surface area contributed by atoms with Crippen LogP contribution in [-0.2, 0) is 0 Å². The quantitative estimate of drug-likeness (QED) is 0.675. The molecule has 0 amide bonds. The van der Waals surface area contributed by atoms with Gasteiger partial charge < -0.3 is 0 Å². The van der Waals surface area contributed by atoms with Crippen molar-refractivity contribution in [3.63, 3.8) is 0 Å². The molecule has 3 rings (SSSR count). The molecule has 0 spiro atoms. The molecule has 0 unspecified atom stereocenters. The first kappa shape index (κ1) is 16.1. The zero-order chi connectivity index (χ0) is 17.1. The van der Waals surface area contributed by atoms with E-state index in [4.69, 9.17) is 11.6 Å². The maximum Gasteiger partial charge on any atom is 0.254 e. The van der Waals surface area contributed by atoms with Crippen LogP contribution in [0, 0.1) is 0 Å². The van der Waals surface area contributed by atoms with Crippen molar-refractivity contribution in [3.8, 4) is 11.3 Å². The van der Waals surface area contributed by atoms with Crippen molar-refractivity contribution >= 4 is 17.4 Å². The Morgan fingerprint density at radius 1 is 1.08 bits per heavy atom. The van der Waals surface area contributed by atoms with Gasteiger partial charge in [-0.25, -0.2) is 4.98 Å². The van der Waals surface area contributed by atoms with Gasteiger partial charge in [0.2, 0.25) is 0 Å². The van der Waals surface area contributed by atoms with E-state index >= 15 is 0 Å². The minimum Gasteiger partial charge on any atom is -0.292 e. The second-order valence-corrected chi connectivity index (χ2v) is 5.87. The molecule has 1 aromatic heterocycles. The van der Waals surface area contributed by atoms with Gasteiger partial charge in [-0.05, 0) is 19.1 Å². The van der Waals surface area contributed by atoms with E-state index in [1.54, 1.807) is 31.2 Å². The molecule has 0 saturated heterocycles. The van der Waals surface area contributed by atoms with Crippen molar-refractivity contribution < 1.29 is 4.79 Å². The van der Waals surface area contributed by atoms with Gasteiger partial charge in [0.1, 0.15) is 0 Å². The fourth-order valence-electron chi connectivity index (χ4n) is 2.48. The number of rotatable bonds is 4. The second kappa shape index (κ2) is 6.81. The second-order valence-electron chi connectivity index (χ2n) is 5.44. The fourth-order valence-corrected chi connectivity index (χ4v) is 2.67. The minimum absolute atomic E-state index is 0.186. The summed E-state index contributed by atoms with van der Waals surface area (Å²) in [6.07, 6.45) is 1.41. The Morgan fingerprint density at radius 2 is 1.83 bits per heavy atom. The van der Waals surface area contributed by atoms with Gasteiger partial charge in [0.15, 0.2) is 5.78 Å². The number of Topliss-reactive ketones (excluding diaryl/α,β-unsaturated/α-hetero) is 1. The van der Waals surface area contributed by atoms with E-state index in [2.05, 4.69) is 4.98 Å². The van der Waals surface area contributed by atoms with Crippen LogP contribution in [0.1, 0.15) is 23.3 Å². The predicted octanol–water partition coefficient (Wildman–Crippen LogP) is 4.01. The zero-order valence-corrected chi connectivity index (χ0v) is 13.8. The lowest BCUT2D eigenvalue weighted by molar-refractivity contribution is 0.0932. The molecule has 120 valence electrons. The monoisotopic (exact) mass is 338 g/mol. The minimum atomic E-state index is -0.659. The van der Waals surface area contributed by atoms with Crippen LogP contribution < -0.4 is 5.56 Å². The SMILES string of the molecule is C[C@H](C(=O)c1cccc(Cl)c1)n1cnc(-c2ccccc2)cc1=O. The highest BCUT2D eigenvalue weighted by Crippen LogP contribution is 2.18. The summed E-state index contributed by atoms with van der Waals surface area (Å²) in [5.41, 5.74) is 1.63. The molecule has 0 radical (unpaired) electrons.